The number of ether oxygens (including phenoxy) is 2. The van der Waals surface area contributed by atoms with E-state index in [0.717, 1.165) is 43.1 Å². The Kier molecular flexibility index (Phi) is 6.53. The fraction of sp³-hybridized carbons (Fsp3) is 0.409. The van der Waals surface area contributed by atoms with E-state index in [4.69, 9.17) is 21.1 Å². The standard InChI is InChI=1S/C22H25ClN2O3S/c1-16(29-14-18-12-19(23)11-17-13-27-15-28-21(17)18)22(26)25-9-7-24(8-10-25)20-5-3-2-4-6-20/h2-6,11-12,16H,7-10,13-15H2,1H3. The van der Waals surface area contributed by atoms with Crippen LogP contribution < -0.4 is 9.64 Å². The van der Waals surface area contributed by atoms with Crippen LogP contribution in [0.3, 0.4) is 0 Å². The maximum atomic E-state index is 12.9. The van der Waals surface area contributed by atoms with Crippen LogP contribution in [0, 0.1) is 0 Å². The minimum atomic E-state index is -0.118. The van der Waals surface area contributed by atoms with Crippen LogP contribution in [0.5, 0.6) is 5.75 Å². The summed E-state index contributed by atoms with van der Waals surface area (Å²) >= 11 is 7.87. The molecule has 2 aliphatic heterocycles. The maximum Gasteiger partial charge on any atom is 0.235 e. The van der Waals surface area contributed by atoms with Crippen LogP contribution in [0.2, 0.25) is 5.02 Å². The van der Waals surface area contributed by atoms with Gasteiger partial charge in [0.05, 0.1) is 11.9 Å². The fourth-order valence-corrected chi connectivity index (χ4v) is 4.93. The van der Waals surface area contributed by atoms with Crippen molar-refractivity contribution in [3.8, 4) is 5.75 Å². The molecule has 154 valence electrons. The highest BCUT2D eigenvalue weighted by molar-refractivity contribution is 7.99. The number of amides is 1. The van der Waals surface area contributed by atoms with Crippen LogP contribution in [0.4, 0.5) is 5.69 Å². The molecular weight excluding hydrogens is 408 g/mol. The molecule has 4 rings (SSSR count). The number of carbonyl (C=O) groups is 1. The number of hydrogen-bond acceptors (Lipinski definition) is 5. The molecule has 1 amide bonds. The maximum absolute atomic E-state index is 12.9. The number of piperazine rings is 1. The SMILES string of the molecule is CC(SCc1cc(Cl)cc2c1OCOC2)C(=O)N1CCN(c2ccccc2)CC1. The van der Waals surface area contributed by atoms with Gasteiger partial charge in [-0.05, 0) is 31.2 Å². The molecule has 0 saturated carbocycles. The van der Waals surface area contributed by atoms with Gasteiger partial charge in [0, 0.05) is 53.8 Å². The van der Waals surface area contributed by atoms with Crippen molar-refractivity contribution in [2.45, 2.75) is 24.5 Å². The molecule has 1 unspecified atom stereocenters. The highest BCUT2D eigenvalue weighted by atomic mass is 35.5. The molecule has 2 aromatic carbocycles. The lowest BCUT2D eigenvalue weighted by Gasteiger charge is -2.37. The van der Waals surface area contributed by atoms with Crippen LogP contribution in [0.1, 0.15) is 18.1 Å². The van der Waals surface area contributed by atoms with Crippen LogP contribution in [-0.2, 0) is 21.9 Å². The summed E-state index contributed by atoms with van der Waals surface area (Å²) in [4.78, 5) is 17.2. The zero-order valence-corrected chi connectivity index (χ0v) is 18.0. The molecular formula is C22H25ClN2O3S. The van der Waals surface area contributed by atoms with E-state index >= 15 is 0 Å². The number of rotatable bonds is 5. The molecule has 7 heteroatoms. The van der Waals surface area contributed by atoms with Gasteiger partial charge in [-0.15, -0.1) is 11.8 Å². The number of carbonyl (C=O) groups excluding carboxylic acids is 1. The molecule has 1 atom stereocenters. The van der Waals surface area contributed by atoms with Crippen molar-refractivity contribution in [1.82, 2.24) is 4.90 Å². The smallest absolute Gasteiger partial charge is 0.235 e. The Hall–Kier alpha value is -1.89. The minimum Gasteiger partial charge on any atom is -0.467 e. The summed E-state index contributed by atoms with van der Waals surface area (Å²) in [6.45, 7) is 5.99. The number of para-hydroxylation sites is 1. The van der Waals surface area contributed by atoms with Crippen molar-refractivity contribution in [1.29, 1.82) is 0 Å². The second-order valence-electron chi connectivity index (χ2n) is 7.26. The second kappa shape index (κ2) is 9.28. The van der Waals surface area contributed by atoms with Crippen LogP contribution in [0.25, 0.3) is 0 Å². The Bertz CT molecular complexity index is 857. The predicted molar refractivity (Wildman–Crippen MR) is 118 cm³/mol. The van der Waals surface area contributed by atoms with E-state index in [1.165, 1.54) is 5.69 Å². The van der Waals surface area contributed by atoms with Crippen LogP contribution in [-0.4, -0.2) is 49.0 Å². The molecule has 0 spiro atoms. The number of thioether (sulfide) groups is 1. The average Bonchev–Trinajstić information content (AvgIpc) is 2.77. The Morgan fingerprint density at radius 3 is 2.69 bits per heavy atom. The molecule has 0 aromatic heterocycles. The van der Waals surface area contributed by atoms with Gasteiger partial charge in [-0.25, -0.2) is 0 Å². The summed E-state index contributed by atoms with van der Waals surface area (Å²) in [5.74, 6) is 1.73. The monoisotopic (exact) mass is 432 g/mol. The van der Waals surface area contributed by atoms with E-state index in [1.54, 1.807) is 11.8 Å². The summed E-state index contributed by atoms with van der Waals surface area (Å²) in [5, 5.41) is 0.553. The largest absolute Gasteiger partial charge is 0.467 e. The molecule has 2 aliphatic rings. The third-order valence-electron chi connectivity index (χ3n) is 5.30. The molecule has 29 heavy (non-hydrogen) atoms. The quantitative estimate of drug-likeness (QED) is 0.709. The van der Waals surface area contributed by atoms with Crippen molar-refractivity contribution in [2.24, 2.45) is 0 Å². The van der Waals surface area contributed by atoms with E-state index in [-0.39, 0.29) is 18.0 Å². The zero-order chi connectivity index (χ0) is 20.2. The van der Waals surface area contributed by atoms with Crippen molar-refractivity contribution in [3.63, 3.8) is 0 Å². The molecule has 0 N–H and O–H groups in total. The first kappa shape index (κ1) is 20.4. The van der Waals surface area contributed by atoms with Gasteiger partial charge in [-0.3, -0.25) is 4.79 Å². The highest BCUT2D eigenvalue weighted by Crippen LogP contribution is 2.35. The lowest BCUT2D eigenvalue weighted by Crippen LogP contribution is -2.50. The summed E-state index contributed by atoms with van der Waals surface area (Å²) in [6.07, 6.45) is 0. The van der Waals surface area contributed by atoms with Gasteiger partial charge in [0.15, 0.2) is 6.79 Å². The zero-order valence-electron chi connectivity index (χ0n) is 16.5. The van der Waals surface area contributed by atoms with Gasteiger partial charge in [-0.1, -0.05) is 29.8 Å². The van der Waals surface area contributed by atoms with Crippen molar-refractivity contribution >= 4 is 35.0 Å². The third-order valence-corrected chi connectivity index (χ3v) is 6.70. The average molecular weight is 433 g/mol. The summed E-state index contributed by atoms with van der Waals surface area (Å²) in [7, 11) is 0. The summed E-state index contributed by atoms with van der Waals surface area (Å²) in [6, 6.07) is 14.2. The molecule has 1 saturated heterocycles. The third kappa shape index (κ3) is 4.82. The Labute approximate surface area is 180 Å². The molecule has 0 bridgehead atoms. The first-order valence-electron chi connectivity index (χ1n) is 9.84. The first-order valence-corrected chi connectivity index (χ1v) is 11.3. The number of fused-ring (bicyclic) bond motifs is 1. The van der Waals surface area contributed by atoms with Crippen LogP contribution >= 0.6 is 23.4 Å². The molecule has 5 nitrogen and oxygen atoms in total. The van der Waals surface area contributed by atoms with Gasteiger partial charge < -0.3 is 19.3 Å². The predicted octanol–water partition coefficient (Wildman–Crippen LogP) is 4.18. The first-order chi connectivity index (χ1) is 14.1. The van der Waals surface area contributed by atoms with E-state index in [1.807, 2.05) is 30.0 Å². The summed E-state index contributed by atoms with van der Waals surface area (Å²) < 4.78 is 11.0. The normalized spacial score (nSPS) is 17.4. The highest BCUT2D eigenvalue weighted by Gasteiger charge is 2.26. The Morgan fingerprint density at radius 1 is 1.17 bits per heavy atom. The lowest BCUT2D eigenvalue weighted by molar-refractivity contribution is -0.130. The number of anilines is 1. The van der Waals surface area contributed by atoms with Gasteiger partial charge >= 0.3 is 0 Å². The fourth-order valence-electron chi connectivity index (χ4n) is 3.73. The van der Waals surface area contributed by atoms with E-state index in [2.05, 4.69) is 29.2 Å². The number of halogens is 1. The van der Waals surface area contributed by atoms with Crippen LogP contribution in [0.15, 0.2) is 42.5 Å². The molecule has 1 fully saturated rings. The van der Waals surface area contributed by atoms with Crippen molar-refractivity contribution in [2.75, 3.05) is 37.9 Å². The van der Waals surface area contributed by atoms with E-state index < -0.39 is 0 Å². The molecule has 2 heterocycles. The molecule has 0 radical (unpaired) electrons. The number of benzene rings is 2. The second-order valence-corrected chi connectivity index (χ2v) is 9.03. The van der Waals surface area contributed by atoms with Crippen molar-refractivity contribution < 1.29 is 14.3 Å². The Balaban J connectivity index is 1.32. The number of hydrogen-bond donors (Lipinski definition) is 0. The van der Waals surface area contributed by atoms with E-state index in [9.17, 15) is 4.79 Å². The lowest BCUT2D eigenvalue weighted by atomic mass is 10.1. The molecule has 2 aromatic rings. The molecule has 0 aliphatic carbocycles. The summed E-state index contributed by atoms with van der Waals surface area (Å²) in [5.41, 5.74) is 3.21. The van der Waals surface area contributed by atoms with Gasteiger partial charge in [0.2, 0.25) is 5.91 Å². The van der Waals surface area contributed by atoms with Gasteiger partial charge in [0.25, 0.3) is 0 Å². The Morgan fingerprint density at radius 2 is 1.93 bits per heavy atom. The van der Waals surface area contributed by atoms with E-state index in [0.29, 0.717) is 17.4 Å². The minimum absolute atomic E-state index is 0.118. The van der Waals surface area contributed by atoms with Crippen molar-refractivity contribution in [3.05, 3.63) is 58.6 Å². The van der Waals surface area contributed by atoms with Gasteiger partial charge in [0.1, 0.15) is 5.75 Å². The topological polar surface area (TPSA) is 42.0 Å². The van der Waals surface area contributed by atoms with Gasteiger partial charge in [-0.2, -0.15) is 0 Å². The number of nitrogens with zero attached hydrogens (tertiary/aromatic N) is 2.